The van der Waals surface area contributed by atoms with Crippen LogP contribution >= 0.6 is 0 Å². The van der Waals surface area contributed by atoms with Gasteiger partial charge in [-0.25, -0.2) is 9.78 Å². The maximum absolute atomic E-state index is 12.9. The highest BCUT2D eigenvalue weighted by Gasteiger charge is 2.30. The molecule has 0 aliphatic rings. The van der Waals surface area contributed by atoms with Gasteiger partial charge in [0, 0.05) is 17.4 Å². The maximum atomic E-state index is 12.9. The number of rotatable bonds is 7. The monoisotopic (exact) mass is 457 g/mol. The minimum absolute atomic E-state index is 0.0378. The van der Waals surface area contributed by atoms with Crippen molar-refractivity contribution in [3.8, 4) is 0 Å². The van der Waals surface area contributed by atoms with E-state index in [1.54, 1.807) is 18.2 Å². The number of para-hydroxylation sites is 1. The van der Waals surface area contributed by atoms with Gasteiger partial charge in [0.25, 0.3) is 5.91 Å². The summed E-state index contributed by atoms with van der Waals surface area (Å²) in [5.74, 6) is -1.87. The lowest BCUT2D eigenvalue weighted by molar-refractivity contribution is -0.137. The number of carbonyl (C=O) groups is 3. The number of aromatic nitrogens is 1. The van der Waals surface area contributed by atoms with Crippen molar-refractivity contribution in [2.24, 2.45) is 0 Å². The second kappa shape index (κ2) is 9.94. The van der Waals surface area contributed by atoms with Crippen molar-refractivity contribution in [3.63, 3.8) is 0 Å². The Bertz CT molecular complexity index is 1200. The molecule has 0 aliphatic carbocycles. The van der Waals surface area contributed by atoms with Gasteiger partial charge < -0.3 is 15.4 Å². The summed E-state index contributed by atoms with van der Waals surface area (Å²) in [6, 6.07) is 13.6. The van der Waals surface area contributed by atoms with E-state index >= 15 is 0 Å². The fraction of sp³-hybridized carbons (Fsp3) is 0.130. The number of hydrogen-bond donors (Lipinski definition) is 2. The van der Waals surface area contributed by atoms with Crippen LogP contribution in [0.4, 0.5) is 30.4 Å². The van der Waals surface area contributed by atoms with Crippen molar-refractivity contribution in [3.05, 3.63) is 83.6 Å². The molecule has 0 saturated carbocycles. The highest BCUT2D eigenvalue weighted by atomic mass is 19.4. The minimum Gasteiger partial charge on any atom is -0.452 e. The molecule has 170 valence electrons. The molecule has 3 rings (SSSR count). The van der Waals surface area contributed by atoms with Gasteiger partial charge in [0.2, 0.25) is 0 Å². The lowest BCUT2D eigenvalue weighted by Gasteiger charge is -2.13. The van der Waals surface area contributed by atoms with Crippen LogP contribution in [0.1, 0.15) is 33.2 Å². The number of alkyl halides is 3. The van der Waals surface area contributed by atoms with Crippen molar-refractivity contribution in [1.82, 2.24) is 4.98 Å². The Balaban J connectivity index is 1.68. The number of benzene rings is 2. The van der Waals surface area contributed by atoms with Gasteiger partial charge in [-0.3, -0.25) is 9.59 Å². The highest BCUT2D eigenvalue weighted by Crippen LogP contribution is 2.31. The Labute approximate surface area is 186 Å². The smallest absolute Gasteiger partial charge is 0.416 e. The number of esters is 1. The molecule has 3 aromatic rings. The number of amides is 1. The predicted molar refractivity (Wildman–Crippen MR) is 114 cm³/mol. The number of anilines is 3. The number of ketones is 1. The molecule has 2 N–H and O–H groups in total. The van der Waals surface area contributed by atoms with Crippen LogP contribution in [-0.2, 0) is 15.7 Å². The Morgan fingerprint density at radius 1 is 0.970 bits per heavy atom. The van der Waals surface area contributed by atoms with Crippen LogP contribution in [0.3, 0.4) is 0 Å². The third kappa shape index (κ3) is 6.16. The summed E-state index contributed by atoms with van der Waals surface area (Å²) in [7, 11) is 0. The van der Waals surface area contributed by atoms with E-state index in [0.29, 0.717) is 5.56 Å². The standard InChI is InChI=1S/C23H18F3N3O4/c1-14(30)17-8-2-3-10-19(17)29-20(31)13-33-22(32)18-9-5-11-27-21(18)28-16-7-4-6-15(12-16)23(24,25)26/h2-12H,13H2,1H3,(H,27,28)(H,29,31). The number of Topliss-reactive ketones (excluding diaryl/α,β-unsaturated/α-hetero) is 1. The van der Waals surface area contributed by atoms with Crippen LogP contribution in [0.2, 0.25) is 0 Å². The zero-order valence-electron chi connectivity index (χ0n) is 17.3. The molecule has 0 atom stereocenters. The average molecular weight is 457 g/mol. The second-order valence-electron chi connectivity index (χ2n) is 6.83. The number of hydrogen-bond acceptors (Lipinski definition) is 6. The molecule has 0 unspecified atom stereocenters. The quantitative estimate of drug-likeness (QED) is 0.389. The Hall–Kier alpha value is -4.21. The number of nitrogens with zero attached hydrogens (tertiary/aromatic N) is 1. The van der Waals surface area contributed by atoms with Crippen LogP contribution in [0.5, 0.6) is 0 Å². The summed E-state index contributed by atoms with van der Waals surface area (Å²) >= 11 is 0. The summed E-state index contributed by atoms with van der Waals surface area (Å²) in [5, 5.41) is 5.16. The minimum atomic E-state index is -4.53. The van der Waals surface area contributed by atoms with E-state index in [1.165, 1.54) is 43.5 Å². The molecule has 0 bridgehead atoms. The van der Waals surface area contributed by atoms with Crippen LogP contribution in [-0.4, -0.2) is 29.3 Å². The van der Waals surface area contributed by atoms with Crippen LogP contribution in [0, 0.1) is 0 Å². The Kier molecular flexibility index (Phi) is 7.07. The summed E-state index contributed by atoms with van der Waals surface area (Å²) in [6.45, 7) is 0.704. The van der Waals surface area contributed by atoms with E-state index in [1.807, 2.05) is 0 Å². The topological polar surface area (TPSA) is 97.4 Å². The van der Waals surface area contributed by atoms with Gasteiger partial charge in [-0.05, 0) is 49.4 Å². The Morgan fingerprint density at radius 3 is 2.42 bits per heavy atom. The molecule has 2 aromatic carbocycles. The molecular weight excluding hydrogens is 439 g/mol. The lowest BCUT2D eigenvalue weighted by atomic mass is 10.1. The fourth-order valence-corrected chi connectivity index (χ4v) is 2.87. The first-order valence-corrected chi connectivity index (χ1v) is 9.61. The average Bonchev–Trinajstić information content (AvgIpc) is 2.78. The zero-order chi connectivity index (χ0) is 24.0. The van der Waals surface area contributed by atoms with Gasteiger partial charge in [0.1, 0.15) is 11.4 Å². The van der Waals surface area contributed by atoms with Gasteiger partial charge in [-0.15, -0.1) is 0 Å². The number of ether oxygens (including phenoxy) is 1. The number of nitrogens with one attached hydrogen (secondary N) is 2. The molecule has 0 radical (unpaired) electrons. The van der Waals surface area contributed by atoms with Crippen LogP contribution in [0.15, 0.2) is 66.9 Å². The lowest BCUT2D eigenvalue weighted by Crippen LogP contribution is -2.22. The summed E-state index contributed by atoms with van der Waals surface area (Å²) in [4.78, 5) is 40.3. The Morgan fingerprint density at radius 2 is 1.70 bits per heavy atom. The first kappa shape index (κ1) is 23.5. The van der Waals surface area contributed by atoms with E-state index in [9.17, 15) is 27.6 Å². The van der Waals surface area contributed by atoms with Gasteiger partial charge in [-0.2, -0.15) is 13.2 Å². The molecule has 1 aromatic heterocycles. The third-order valence-corrected chi connectivity index (χ3v) is 4.40. The normalized spacial score (nSPS) is 10.9. The molecule has 0 spiro atoms. The van der Waals surface area contributed by atoms with E-state index < -0.39 is 30.2 Å². The van der Waals surface area contributed by atoms with Crippen LogP contribution < -0.4 is 10.6 Å². The zero-order valence-corrected chi connectivity index (χ0v) is 17.3. The summed E-state index contributed by atoms with van der Waals surface area (Å²) in [6.07, 6.45) is -3.18. The first-order chi connectivity index (χ1) is 15.6. The molecule has 7 nitrogen and oxygen atoms in total. The van der Waals surface area contributed by atoms with E-state index in [4.69, 9.17) is 4.74 Å². The first-order valence-electron chi connectivity index (χ1n) is 9.61. The molecule has 10 heteroatoms. The summed E-state index contributed by atoms with van der Waals surface area (Å²) in [5.41, 5.74) is -0.297. The third-order valence-electron chi connectivity index (χ3n) is 4.40. The van der Waals surface area contributed by atoms with E-state index in [2.05, 4.69) is 15.6 Å². The predicted octanol–water partition coefficient (Wildman–Crippen LogP) is 4.84. The summed E-state index contributed by atoms with van der Waals surface area (Å²) < 4.78 is 43.8. The van der Waals surface area contributed by atoms with E-state index in [-0.39, 0.29) is 28.5 Å². The number of halogens is 3. The van der Waals surface area contributed by atoms with Gasteiger partial charge in [-0.1, -0.05) is 18.2 Å². The van der Waals surface area contributed by atoms with Gasteiger partial charge in [0.15, 0.2) is 12.4 Å². The molecular formula is C23H18F3N3O4. The largest absolute Gasteiger partial charge is 0.452 e. The molecule has 1 amide bonds. The van der Waals surface area contributed by atoms with Crippen LogP contribution in [0.25, 0.3) is 0 Å². The van der Waals surface area contributed by atoms with Gasteiger partial charge >= 0.3 is 12.1 Å². The van der Waals surface area contributed by atoms with Crippen molar-refractivity contribution in [1.29, 1.82) is 0 Å². The van der Waals surface area contributed by atoms with Crippen molar-refractivity contribution >= 4 is 34.9 Å². The second-order valence-corrected chi connectivity index (χ2v) is 6.83. The molecule has 1 heterocycles. The molecule has 0 fully saturated rings. The highest BCUT2D eigenvalue weighted by molar-refractivity contribution is 6.04. The molecule has 33 heavy (non-hydrogen) atoms. The van der Waals surface area contributed by atoms with Crippen molar-refractivity contribution in [2.75, 3.05) is 17.2 Å². The van der Waals surface area contributed by atoms with Gasteiger partial charge in [0.05, 0.1) is 11.3 Å². The van der Waals surface area contributed by atoms with Crippen molar-refractivity contribution < 1.29 is 32.3 Å². The maximum Gasteiger partial charge on any atom is 0.416 e. The molecule has 0 saturated heterocycles. The SMILES string of the molecule is CC(=O)c1ccccc1NC(=O)COC(=O)c1cccnc1Nc1cccc(C(F)(F)F)c1. The molecule has 0 aliphatic heterocycles. The van der Waals surface area contributed by atoms with E-state index in [0.717, 1.165) is 12.1 Å². The van der Waals surface area contributed by atoms with Crippen molar-refractivity contribution in [2.45, 2.75) is 13.1 Å². The number of carbonyl (C=O) groups excluding carboxylic acids is 3. The fourth-order valence-electron chi connectivity index (χ4n) is 2.87. The number of pyridine rings is 1.